The maximum Gasteiger partial charge on any atom is 0.264 e. The van der Waals surface area contributed by atoms with Crippen LogP contribution in [0.5, 0.6) is 5.75 Å². The van der Waals surface area contributed by atoms with Crippen LogP contribution < -0.4 is 9.04 Å². The SMILES string of the molecule is Cc1ccc(S(=O)(=O)N(C[C@@H](O)COc2cccc(C)c2)c2ccc(F)cc2)cc1. The topological polar surface area (TPSA) is 66.8 Å². The summed E-state index contributed by atoms with van der Waals surface area (Å²) >= 11 is 0. The number of rotatable bonds is 8. The van der Waals surface area contributed by atoms with Crippen molar-refractivity contribution in [1.82, 2.24) is 0 Å². The molecule has 1 N–H and O–H groups in total. The van der Waals surface area contributed by atoms with Crippen LogP contribution >= 0.6 is 0 Å². The largest absolute Gasteiger partial charge is 0.491 e. The number of anilines is 1. The fourth-order valence-corrected chi connectivity index (χ4v) is 4.43. The highest BCUT2D eigenvalue weighted by molar-refractivity contribution is 7.92. The van der Waals surface area contributed by atoms with E-state index in [-0.39, 0.29) is 23.7 Å². The number of ether oxygens (including phenoxy) is 1. The van der Waals surface area contributed by atoms with E-state index in [0.29, 0.717) is 5.75 Å². The number of sulfonamides is 1. The summed E-state index contributed by atoms with van der Waals surface area (Å²) in [5.41, 5.74) is 2.19. The van der Waals surface area contributed by atoms with Crippen LogP contribution in [0.3, 0.4) is 0 Å². The van der Waals surface area contributed by atoms with Gasteiger partial charge in [-0.1, -0.05) is 29.8 Å². The summed E-state index contributed by atoms with van der Waals surface area (Å²) in [6.07, 6.45) is -1.10. The van der Waals surface area contributed by atoms with Crippen molar-refractivity contribution in [2.24, 2.45) is 0 Å². The molecule has 0 bridgehead atoms. The van der Waals surface area contributed by atoms with Crippen LogP contribution in [0.4, 0.5) is 10.1 Å². The molecule has 1 atom stereocenters. The summed E-state index contributed by atoms with van der Waals surface area (Å²) in [5, 5.41) is 10.5. The van der Waals surface area contributed by atoms with Gasteiger partial charge in [0.25, 0.3) is 10.0 Å². The van der Waals surface area contributed by atoms with Crippen molar-refractivity contribution >= 4 is 15.7 Å². The molecule has 0 aliphatic carbocycles. The maximum absolute atomic E-state index is 13.4. The van der Waals surface area contributed by atoms with Gasteiger partial charge in [0, 0.05) is 0 Å². The Morgan fingerprint density at radius 1 is 0.967 bits per heavy atom. The maximum atomic E-state index is 13.4. The average Bonchev–Trinajstić information content (AvgIpc) is 2.71. The van der Waals surface area contributed by atoms with Crippen molar-refractivity contribution in [3.8, 4) is 5.75 Å². The second-order valence-electron chi connectivity index (χ2n) is 7.11. The van der Waals surface area contributed by atoms with Gasteiger partial charge in [-0.2, -0.15) is 0 Å². The summed E-state index contributed by atoms with van der Waals surface area (Å²) in [6.45, 7) is 3.45. The fraction of sp³-hybridized carbons (Fsp3) is 0.217. The van der Waals surface area contributed by atoms with Crippen molar-refractivity contribution in [3.63, 3.8) is 0 Å². The van der Waals surface area contributed by atoms with Crippen molar-refractivity contribution in [3.05, 3.63) is 89.7 Å². The van der Waals surface area contributed by atoms with Gasteiger partial charge in [0.1, 0.15) is 24.3 Å². The Bertz CT molecular complexity index is 1080. The first kappa shape index (κ1) is 21.8. The Labute approximate surface area is 176 Å². The number of halogens is 1. The third-order valence-corrected chi connectivity index (χ3v) is 6.34. The third kappa shape index (κ3) is 5.37. The van der Waals surface area contributed by atoms with Gasteiger partial charge in [0.15, 0.2) is 0 Å². The van der Waals surface area contributed by atoms with Crippen molar-refractivity contribution in [1.29, 1.82) is 0 Å². The van der Waals surface area contributed by atoms with Crippen molar-refractivity contribution < 1.29 is 22.7 Å². The highest BCUT2D eigenvalue weighted by atomic mass is 32.2. The van der Waals surface area contributed by atoms with Gasteiger partial charge in [-0.25, -0.2) is 12.8 Å². The molecule has 0 spiro atoms. The van der Waals surface area contributed by atoms with Gasteiger partial charge >= 0.3 is 0 Å². The Balaban J connectivity index is 1.84. The predicted octanol–water partition coefficient (Wildman–Crippen LogP) is 4.08. The van der Waals surface area contributed by atoms with Crippen LogP contribution in [0.15, 0.2) is 77.7 Å². The normalized spacial score (nSPS) is 12.4. The Hall–Kier alpha value is -2.90. The monoisotopic (exact) mass is 429 g/mol. The molecule has 0 aliphatic heterocycles. The first-order valence-electron chi connectivity index (χ1n) is 9.48. The minimum absolute atomic E-state index is 0.0872. The summed E-state index contributed by atoms with van der Waals surface area (Å²) in [4.78, 5) is 0.0872. The number of hydrogen-bond donors (Lipinski definition) is 1. The molecule has 7 heteroatoms. The van der Waals surface area contributed by atoms with Crippen molar-refractivity contribution in [2.75, 3.05) is 17.5 Å². The van der Waals surface area contributed by atoms with E-state index in [1.165, 1.54) is 36.4 Å². The van der Waals surface area contributed by atoms with Gasteiger partial charge in [-0.3, -0.25) is 4.31 Å². The number of aliphatic hydroxyl groups is 1. The van der Waals surface area contributed by atoms with Crippen LogP contribution in [-0.4, -0.2) is 32.8 Å². The van der Waals surface area contributed by atoms with E-state index >= 15 is 0 Å². The molecule has 0 heterocycles. The molecule has 30 heavy (non-hydrogen) atoms. The lowest BCUT2D eigenvalue weighted by atomic mass is 10.2. The molecule has 3 aromatic rings. The zero-order valence-electron chi connectivity index (χ0n) is 16.8. The molecule has 0 aromatic heterocycles. The lowest BCUT2D eigenvalue weighted by Crippen LogP contribution is -2.40. The number of aryl methyl sites for hydroxylation is 2. The van der Waals surface area contributed by atoms with Crippen LogP contribution in [0.25, 0.3) is 0 Å². The van der Waals surface area contributed by atoms with E-state index in [4.69, 9.17) is 4.74 Å². The number of nitrogens with zero attached hydrogens (tertiary/aromatic N) is 1. The minimum Gasteiger partial charge on any atom is -0.491 e. The second-order valence-corrected chi connectivity index (χ2v) is 8.97. The molecule has 158 valence electrons. The van der Waals surface area contributed by atoms with Crippen LogP contribution in [0.1, 0.15) is 11.1 Å². The van der Waals surface area contributed by atoms with Gasteiger partial charge < -0.3 is 9.84 Å². The Morgan fingerprint density at radius 3 is 2.27 bits per heavy atom. The van der Waals surface area contributed by atoms with Crippen LogP contribution in [-0.2, 0) is 10.0 Å². The lowest BCUT2D eigenvalue weighted by Gasteiger charge is -2.27. The van der Waals surface area contributed by atoms with E-state index in [2.05, 4.69) is 0 Å². The fourth-order valence-electron chi connectivity index (χ4n) is 2.93. The lowest BCUT2D eigenvalue weighted by molar-refractivity contribution is 0.115. The molecule has 3 rings (SSSR count). The van der Waals surface area contributed by atoms with E-state index in [0.717, 1.165) is 15.4 Å². The van der Waals surface area contributed by atoms with E-state index in [9.17, 15) is 17.9 Å². The second kappa shape index (κ2) is 9.28. The first-order chi connectivity index (χ1) is 14.3. The van der Waals surface area contributed by atoms with Crippen molar-refractivity contribution in [2.45, 2.75) is 24.8 Å². The molecule has 0 fully saturated rings. The van der Waals surface area contributed by atoms with E-state index < -0.39 is 21.9 Å². The van der Waals surface area contributed by atoms with Crippen LogP contribution in [0, 0.1) is 19.7 Å². The molecule has 0 unspecified atom stereocenters. The zero-order chi connectivity index (χ0) is 21.7. The molecule has 3 aromatic carbocycles. The van der Waals surface area contributed by atoms with Gasteiger partial charge in [0.2, 0.25) is 0 Å². The molecular formula is C23H24FNO4S. The average molecular weight is 430 g/mol. The van der Waals surface area contributed by atoms with E-state index in [1.54, 1.807) is 18.2 Å². The number of benzene rings is 3. The van der Waals surface area contributed by atoms with Gasteiger partial charge in [0.05, 0.1) is 17.1 Å². The Morgan fingerprint density at radius 2 is 1.63 bits per heavy atom. The number of aliphatic hydroxyl groups excluding tert-OH is 1. The molecule has 0 amide bonds. The molecule has 0 radical (unpaired) electrons. The highest BCUT2D eigenvalue weighted by Gasteiger charge is 2.27. The molecular weight excluding hydrogens is 405 g/mol. The quantitative estimate of drug-likeness (QED) is 0.586. The van der Waals surface area contributed by atoms with Crippen LogP contribution in [0.2, 0.25) is 0 Å². The Kier molecular flexibility index (Phi) is 6.74. The minimum atomic E-state index is -3.97. The molecule has 0 saturated carbocycles. The first-order valence-corrected chi connectivity index (χ1v) is 10.9. The highest BCUT2D eigenvalue weighted by Crippen LogP contribution is 2.25. The predicted molar refractivity (Wildman–Crippen MR) is 115 cm³/mol. The van der Waals surface area contributed by atoms with Gasteiger partial charge in [-0.15, -0.1) is 0 Å². The number of hydrogen-bond acceptors (Lipinski definition) is 4. The summed E-state index contributed by atoms with van der Waals surface area (Å²) in [6, 6.07) is 18.9. The smallest absolute Gasteiger partial charge is 0.264 e. The zero-order valence-corrected chi connectivity index (χ0v) is 17.6. The molecule has 5 nitrogen and oxygen atoms in total. The van der Waals surface area contributed by atoms with Gasteiger partial charge in [-0.05, 0) is 67.9 Å². The third-order valence-electron chi connectivity index (χ3n) is 4.53. The van der Waals surface area contributed by atoms with E-state index in [1.807, 2.05) is 32.0 Å². The molecule has 0 aliphatic rings. The standard InChI is InChI=1S/C23H24FNO4S/c1-17-6-12-23(13-7-17)30(27,28)25(20-10-8-19(24)9-11-20)15-21(26)16-29-22-5-3-4-18(2)14-22/h3-14,21,26H,15-16H2,1-2H3/t21-/m1/s1. The summed E-state index contributed by atoms with van der Waals surface area (Å²) < 4.78 is 46.6. The summed E-state index contributed by atoms with van der Waals surface area (Å²) in [5.74, 6) is 0.110. The molecule has 0 saturated heterocycles. The summed E-state index contributed by atoms with van der Waals surface area (Å²) in [7, 11) is -3.97.